The first-order valence-electron chi connectivity index (χ1n) is 9.22. The van der Waals surface area contributed by atoms with E-state index in [1.165, 1.54) is 6.07 Å². The Hall–Kier alpha value is -2.04. The highest BCUT2D eigenvalue weighted by molar-refractivity contribution is 5.87. The highest BCUT2D eigenvalue weighted by Gasteiger charge is 2.37. The van der Waals surface area contributed by atoms with Crippen molar-refractivity contribution in [3.63, 3.8) is 0 Å². The Bertz CT molecular complexity index is 692. The fourth-order valence-corrected chi connectivity index (χ4v) is 3.12. The van der Waals surface area contributed by atoms with Crippen LogP contribution in [0, 0.1) is 5.82 Å². The Morgan fingerprint density at radius 2 is 1.80 bits per heavy atom. The van der Waals surface area contributed by atoms with Crippen molar-refractivity contribution in [3.05, 3.63) is 29.2 Å². The predicted molar refractivity (Wildman–Crippen MR) is 104 cm³/mol. The summed E-state index contributed by atoms with van der Waals surface area (Å²) < 4.78 is 19.6. The molecule has 0 spiro atoms. The molecule has 3 rings (SSSR count). The van der Waals surface area contributed by atoms with Gasteiger partial charge in [0.2, 0.25) is 0 Å². The number of nitrogens with one attached hydrogen (secondary N) is 2. The lowest BCUT2D eigenvalue weighted by atomic mass is 9.84. The van der Waals surface area contributed by atoms with Crippen molar-refractivity contribution in [2.75, 3.05) is 12.4 Å². The van der Waals surface area contributed by atoms with Crippen molar-refractivity contribution in [2.45, 2.75) is 66.8 Å². The molecule has 5 heteroatoms. The zero-order valence-corrected chi connectivity index (χ0v) is 16.8. The first-order chi connectivity index (χ1) is 12.0. The molecule has 0 saturated heterocycles. The van der Waals surface area contributed by atoms with E-state index in [1.54, 1.807) is 13.2 Å². The molecule has 0 unspecified atom stereocenters. The van der Waals surface area contributed by atoms with Gasteiger partial charge in [0, 0.05) is 11.3 Å². The summed E-state index contributed by atoms with van der Waals surface area (Å²) in [5, 5.41) is 10.9. The molecule has 0 atom stereocenters. The summed E-state index contributed by atoms with van der Waals surface area (Å²) in [6.07, 6.45) is 1.94. The molecule has 25 heavy (non-hydrogen) atoms. The molecule has 2 N–H and O–H groups in total. The number of nitrogens with zero attached hydrogens (tertiary/aromatic N) is 1. The molecule has 0 fully saturated rings. The van der Waals surface area contributed by atoms with Crippen LogP contribution in [0.25, 0.3) is 11.3 Å². The van der Waals surface area contributed by atoms with Crippen LogP contribution in [0.3, 0.4) is 0 Å². The van der Waals surface area contributed by atoms with Crippen molar-refractivity contribution in [3.8, 4) is 17.0 Å². The van der Waals surface area contributed by atoms with Gasteiger partial charge in [-0.2, -0.15) is 5.10 Å². The molecule has 0 bridgehead atoms. The molecule has 1 aliphatic rings. The fourth-order valence-electron chi connectivity index (χ4n) is 3.12. The van der Waals surface area contributed by atoms with E-state index in [-0.39, 0.29) is 11.4 Å². The van der Waals surface area contributed by atoms with E-state index in [1.807, 2.05) is 41.5 Å². The fraction of sp³-hybridized carbons (Fsp3) is 0.550. The molecule has 2 aromatic rings. The second-order valence-electron chi connectivity index (χ2n) is 5.93. The van der Waals surface area contributed by atoms with Crippen molar-refractivity contribution < 1.29 is 9.13 Å². The first kappa shape index (κ1) is 21.0. The normalized spacial score (nSPS) is 13.2. The van der Waals surface area contributed by atoms with Crippen molar-refractivity contribution in [2.24, 2.45) is 0 Å². The average Bonchev–Trinajstić information content (AvgIpc) is 3.05. The maximum atomic E-state index is 14.2. The molecule has 1 aromatic heterocycles. The van der Waals surface area contributed by atoms with Crippen molar-refractivity contribution >= 4 is 5.69 Å². The Kier molecular flexibility index (Phi) is 7.46. The number of methoxy groups -OCH3 is 1. The van der Waals surface area contributed by atoms with Crippen LogP contribution in [0.5, 0.6) is 5.75 Å². The van der Waals surface area contributed by atoms with Gasteiger partial charge in [-0.3, -0.25) is 5.10 Å². The lowest BCUT2D eigenvalue weighted by molar-refractivity contribution is 0.414. The minimum atomic E-state index is -0.382. The Morgan fingerprint density at radius 1 is 1.16 bits per heavy atom. The molecule has 140 valence electrons. The summed E-state index contributed by atoms with van der Waals surface area (Å²) in [6.45, 7) is 14.2. The van der Waals surface area contributed by atoms with Gasteiger partial charge in [-0.25, -0.2) is 4.39 Å². The van der Waals surface area contributed by atoms with Crippen LogP contribution in [0.2, 0.25) is 0 Å². The van der Waals surface area contributed by atoms with E-state index in [2.05, 4.69) is 22.4 Å². The van der Waals surface area contributed by atoms with Gasteiger partial charge in [0.15, 0.2) is 0 Å². The second-order valence-corrected chi connectivity index (χ2v) is 5.93. The lowest BCUT2D eigenvalue weighted by Gasteiger charge is -2.35. The van der Waals surface area contributed by atoms with Crippen LogP contribution in [0.1, 0.15) is 66.1 Å². The largest absolute Gasteiger partial charge is 0.496 e. The van der Waals surface area contributed by atoms with Crippen LogP contribution in [-0.4, -0.2) is 17.3 Å². The first-order valence-corrected chi connectivity index (χ1v) is 9.22. The van der Waals surface area contributed by atoms with Gasteiger partial charge in [-0.05, 0) is 32.4 Å². The lowest BCUT2D eigenvalue weighted by Crippen LogP contribution is -2.33. The number of fused-ring (bicyclic) bond motifs is 3. The summed E-state index contributed by atoms with van der Waals surface area (Å²) in [6, 6.07) is 3.07. The molecule has 1 aliphatic heterocycles. The molecule has 0 amide bonds. The Labute approximate surface area is 151 Å². The number of ether oxygens (including phenoxy) is 1. The number of benzene rings is 1. The smallest absolute Gasteiger partial charge is 0.147 e. The quantitative estimate of drug-likeness (QED) is 0.726. The molecular weight excluding hydrogens is 317 g/mol. The Morgan fingerprint density at radius 3 is 2.36 bits per heavy atom. The number of anilines is 1. The number of aryl methyl sites for hydroxylation is 1. The summed E-state index contributed by atoms with van der Waals surface area (Å²) in [4.78, 5) is 0. The summed E-state index contributed by atoms with van der Waals surface area (Å²) in [5.74, 6) is 0.342. The van der Waals surface area contributed by atoms with Gasteiger partial charge in [0.25, 0.3) is 0 Å². The Balaban J connectivity index is 0.000000730. The van der Waals surface area contributed by atoms with E-state index in [9.17, 15) is 4.39 Å². The molecule has 4 nitrogen and oxygen atoms in total. The zero-order chi connectivity index (χ0) is 19.2. The van der Waals surface area contributed by atoms with Crippen LogP contribution in [-0.2, 0) is 12.0 Å². The monoisotopic (exact) mass is 349 g/mol. The third-order valence-electron chi connectivity index (χ3n) is 3.98. The number of halogens is 1. The molecular formula is C20H32FN3O. The van der Waals surface area contributed by atoms with E-state index in [4.69, 9.17) is 4.74 Å². The molecule has 0 radical (unpaired) electrons. The van der Waals surface area contributed by atoms with E-state index < -0.39 is 0 Å². The van der Waals surface area contributed by atoms with E-state index in [0.717, 1.165) is 29.8 Å². The SMILES string of the molecule is CC.CC.CCCc1[nH]nc2c1C(C)(C)Nc1c(F)ccc(OC)c1-2. The van der Waals surface area contributed by atoms with Gasteiger partial charge in [0.05, 0.1) is 23.9 Å². The summed E-state index contributed by atoms with van der Waals surface area (Å²) in [7, 11) is 1.59. The maximum Gasteiger partial charge on any atom is 0.147 e. The van der Waals surface area contributed by atoms with E-state index in [0.29, 0.717) is 17.0 Å². The highest BCUT2D eigenvalue weighted by Crippen LogP contribution is 2.48. The number of aromatic amines is 1. The van der Waals surface area contributed by atoms with Crippen molar-refractivity contribution in [1.29, 1.82) is 0 Å². The molecule has 0 saturated carbocycles. The highest BCUT2D eigenvalue weighted by atomic mass is 19.1. The molecule has 0 aliphatic carbocycles. The maximum absolute atomic E-state index is 14.2. The number of aromatic nitrogens is 2. The minimum Gasteiger partial charge on any atom is -0.496 e. The predicted octanol–water partition coefficient (Wildman–Crippen LogP) is 5.89. The second kappa shape index (κ2) is 8.88. The number of hydrogen-bond donors (Lipinski definition) is 2. The van der Waals surface area contributed by atoms with Crippen molar-refractivity contribution in [1.82, 2.24) is 10.2 Å². The van der Waals surface area contributed by atoms with Crippen LogP contribution >= 0.6 is 0 Å². The third kappa shape index (κ3) is 3.80. The van der Waals surface area contributed by atoms with Crippen LogP contribution in [0.4, 0.5) is 10.1 Å². The van der Waals surface area contributed by atoms with Crippen LogP contribution < -0.4 is 10.1 Å². The number of H-pyrrole nitrogens is 1. The summed E-state index contributed by atoms with van der Waals surface area (Å²) in [5.41, 5.74) is 3.76. The van der Waals surface area contributed by atoms with Gasteiger partial charge in [-0.1, -0.05) is 41.0 Å². The molecule has 1 aromatic carbocycles. The van der Waals surface area contributed by atoms with Gasteiger partial charge in [-0.15, -0.1) is 0 Å². The van der Waals surface area contributed by atoms with Gasteiger partial charge < -0.3 is 10.1 Å². The van der Waals surface area contributed by atoms with Gasteiger partial charge >= 0.3 is 0 Å². The summed E-state index contributed by atoms with van der Waals surface area (Å²) >= 11 is 0. The van der Waals surface area contributed by atoms with E-state index >= 15 is 0 Å². The van der Waals surface area contributed by atoms with Gasteiger partial charge in [0.1, 0.15) is 17.3 Å². The standard InChI is InChI=1S/C16H20FN3O.2C2H6/c1-5-6-10-13-15(20-19-10)12-11(21-4)8-7-9(17)14(12)18-16(13,2)3;2*1-2/h7-8,18H,5-6H2,1-4H3,(H,19,20);2*1-2H3. The minimum absolute atomic E-state index is 0.287. The number of hydrogen-bond acceptors (Lipinski definition) is 3. The topological polar surface area (TPSA) is 49.9 Å². The average molecular weight is 349 g/mol. The zero-order valence-electron chi connectivity index (χ0n) is 16.8. The van der Waals surface area contributed by atoms with Crippen LogP contribution in [0.15, 0.2) is 12.1 Å². The molecule has 2 heterocycles. The third-order valence-corrected chi connectivity index (χ3v) is 3.98. The number of rotatable bonds is 3.